The zero-order valence-electron chi connectivity index (χ0n) is 14.1. The van der Waals surface area contributed by atoms with Crippen molar-refractivity contribution in [2.75, 3.05) is 5.32 Å². The molecule has 2 heterocycles. The minimum absolute atomic E-state index is 0.381. The number of nitrogens with one attached hydrogen (secondary N) is 1. The van der Waals surface area contributed by atoms with Gasteiger partial charge in [-0.2, -0.15) is 0 Å². The van der Waals surface area contributed by atoms with Gasteiger partial charge in [-0.3, -0.25) is 0 Å². The van der Waals surface area contributed by atoms with Gasteiger partial charge in [0.25, 0.3) is 0 Å². The van der Waals surface area contributed by atoms with E-state index in [9.17, 15) is 13.2 Å². The summed E-state index contributed by atoms with van der Waals surface area (Å²) in [6.07, 6.45) is 3.30. The predicted molar refractivity (Wildman–Crippen MR) is 99.0 cm³/mol. The third kappa shape index (κ3) is 3.56. The summed E-state index contributed by atoms with van der Waals surface area (Å²) in [5, 5.41) is 5.16. The smallest absolute Gasteiger partial charge is 0.187 e. The fourth-order valence-electron chi connectivity index (χ4n) is 2.59. The monoisotopic (exact) mass is 386 g/mol. The van der Waals surface area contributed by atoms with Crippen LogP contribution >= 0.6 is 11.3 Å². The van der Waals surface area contributed by atoms with Crippen molar-refractivity contribution < 1.29 is 13.2 Å². The molecule has 0 fully saturated rings. The van der Waals surface area contributed by atoms with Gasteiger partial charge >= 0.3 is 0 Å². The van der Waals surface area contributed by atoms with Crippen LogP contribution in [0.3, 0.4) is 0 Å². The topological polar surface area (TPSA) is 42.7 Å². The van der Waals surface area contributed by atoms with Crippen LogP contribution in [0.15, 0.2) is 54.3 Å². The Hall–Kier alpha value is -3.13. The Kier molecular flexibility index (Phi) is 4.41. The molecule has 0 bridgehead atoms. The van der Waals surface area contributed by atoms with Crippen LogP contribution in [0.2, 0.25) is 0 Å². The van der Waals surface area contributed by atoms with E-state index >= 15 is 0 Å². The third-order valence-electron chi connectivity index (χ3n) is 3.91. The molecule has 4 rings (SSSR count). The van der Waals surface area contributed by atoms with Crippen LogP contribution in [0.25, 0.3) is 16.9 Å². The van der Waals surface area contributed by atoms with E-state index in [0.29, 0.717) is 27.8 Å². The maximum Gasteiger partial charge on any atom is 0.187 e. The van der Waals surface area contributed by atoms with Crippen LogP contribution in [-0.4, -0.2) is 14.5 Å². The first-order chi connectivity index (χ1) is 13.0. The Balaban J connectivity index is 1.57. The minimum Gasteiger partial charge on any atom is -0.331 e. The summed E-state index contributed by atoms with van der Waals surface area (Å²) in [5.74, 6) is -2.25. The van der Waals surface area contributed by atoms with Gasteiger partial charge in [0, 0.05) is 28.9 Å². The van der Waals surface area contributed by atoms with Gasteiger partial charge in [-0.15, -0.1) is 11.3 Å². The Morgan fingerprint density at radius 3 is 2.56 bits per heavy atom. The summed E-state index contributed by atoms with van der Waals surface area (Å²) < 4.78 is 42.4. The molecule has 0 atom stereocenters. The van der Waals surface area contributed by atoms with E-state index in [2.05, 4.69) is 15.3 Å². The van der Waals surface area contributed by atoms with Crippen molar-refractivity contribution in [2.24, 2.45) is 0 Å². The predicted octanol–water partition coefficient (Wildman–Crippen LogP) is 5.47. The number of aromatic nitrogens is 3. The van der Waals surface area contributed by atoms with Gasteiger partial charge in [0.1, 0.15) is 5.82 Å². The third-order valence-corrected chi connectivity index (χ3v) is 4.67. The fourth-order valence-corrected chi connectivity index (χ4v) is 3.33. The van der Waals surface area contributed by atoms with Crippen molar-refractivity contribution in [1.82, 2.24) is 14.5 Å². The first-order valence-corrected chi connectivity index (χ1v) is 8.86. The summed E-state index contributed by atoms with van der Waals surface area (Å²) in [5.41, 5.74) is 2.77. The lowest BCUT2D eigenvalue weighted by Crippen LogP contribution is -1.95. The number of imidazole rings is 1. The molecule has 0 aliphatic rings. The molecule has 2 aromatic carbocycles. The van der Waals surface area contributed by atoms with E-state index in [1.165, 1.54) is 23.5 Å². The number of halogens is 3. The van der Waals surface area contributed by atoms with E-state index < -0.39 is 17.5 Å². The zero-order valence-corrected chi connectivity index (χ0v) is 14.9. The van der Waals surface area contributed by atoms with Crippen molar-refractivity contribution in [3.05, 3.63) is 77.4 Å². The lowest BCUT2D eigenvalue weighted by molar-refractivity contribution is 0.509. The van der Waals surface area contributed by atoms with Crippen LogP contribution in [0.4, 0.5) is 24.0 Å². The first kappa shape index (κ1) is 17.3. The van der Waals surface area contributed by atoms with Crippen molar-refractivity contribution in [1.29, 1.82) is 0 Å². The number of nitrogens with zero attached hydrogens (tertiary/aromatic N) is 3. The van der Waals surface area contributed by atoms with E-state index in [4.69, 9.17) is 0 Å². The average molecular weight is 386 g/mol. The van der Waals surface area contributed by atoms with Gasteiger partial charge in [0.15, 0.2) is 16.8 Å². The number of thiazole rings is 1. The van der Waals surface area contributed by atoms with Crippen LogP contribution in [0.1, 0.15) is 5.69 Å². The molecule has 0 unspecified atom stereocenters. The van der Waals surface area contributed by atoms with Gasteiger partial charge in [-0.05, 0) is 31.2 Å². The highest BCUT2D eigenvalue weighted by atomic mass is 32.1. The van der Waals surface area contributed by atoms with Crippen LogP contribution < -0.4 is 5.32 Å². The summed E-state index contributed by atoms with van der Waals surface area (Å²) in [6, 6.07) is 8.34. The van der Waals surface area contributed by atoms with Gasteiger partial charge in [0.05, 0.1) is 23.4 Å². The Bertz CT molecular complexity index is 1120. The number of hydrogen-bond donors (Lipinski definition) is 1. The zero-order chi connectivity index (χ0) is 19.0. The Labute approximate surface area is 157 Å². The van der Waals surface area contributed by atoms with E-state index in [-0.39, 0.29) is 0 Å². The summed E-state index contributed by atoms with van der Waals surface area (Å²) >= 11 is 1.28. The number of benzene rings is 2. The molecule has 0 amide bonds. The van der Waals surface area contributed by atoms with Crippen molar-refractivity contribution >= 4 is 22.2 Å². The molecule has 4 nitrogen and oxygen atoms in total. The highest BCUT2D eigenvalue weighted by molar-refractivity contribution is 7.14. The number of anilines is 2. The lowest BCUT2D eigenvalue weighted by atomic mass is 10.1. The Morgan fingerprint density at radius 1 is 1.00 bits per heavy atom. The standard InChI is InChI=1S/C19H13F3N4S/c1-11-8-26(10-23-11)18-5-2-12(6-16(18)22)17-9-27-19(25-17)24-13-3-4-14(20)15(21)7-13/h2-10H,1H3,(H,24,25). The second-order valence-electron chi connectivity index (χ2n) is 5.88. The molecule has 4 aromatic rings. The van der Waals surface area contributed by atoms with Crippen LogP contribution in [0, 0.1) is 24.4 Å². The number of aryl methyl sites for hydroxylation is 1. The quantitative estimate of drug-likeness (QED) is 0.506. The molecule has 2 aromatic heterocycles. The number of rotatable bonds is 4. The van der Waals surface area contributed by atoms with Crippen molar-refractivity contribution in [2.45, 2.75) is 6.92 Å². The maximum atomic E-state index is 14.5. The number of hydrogen-bond acceptors (Lipinski definition) is 4. The molecular weight excluding hydrogens is 373 g/mol. The van der Waals surface area contributed by atoms with Crippen molar-refractivity contribution in [3.8, 4) is 16.9 Å². The van der Waals surface area contributed by atoms with Gasteiger partial charge in [-0.1, -0.05) is 6.07 Å². The molecule has 0 radical (unpaired) electrons. The SMILES string of the molecule is Cc1cn(-c2ccc(-c3csc(Nc4ccc(F)c(F)c4)n3)cc2F)cn1. The average Bonchev–Trinajstić information content (AvgIpc) is 3.27. The molecule has 0 aliphatic carbocycles. The molecule has 8 heteroatoms. The van der Waals surface area contributed by atoms with E-state index in [1.807, 2.05) is 6.92 Å². The molecule has 0 spiro atoms. The molecular formula is C19H13F3N4S. The van der Waals surface area contributed by atoms with Crippen molar-refractivity contribution in [3.63, 3.8) is 0 Å². The largest absolute Gasteiger partial charge is 0.331 e. The highest BCUT2D eigenvalue weighted by Crippen LogP contribution is 2.29. The Morgan fingerprint density at radius 2 is 1.85 bits per heavy atom. The van der Waals surface area contributed by atoms with E-state index in [0.717, 1.165) is 17.8 Å². The first-order valence-electron chi connectivity index (χ1n) is 7.98. The second-order valence-corrected chi connectivity index (χ2v) is 6.74. The fraction of sp³-hybridized carbons (Fsp3) is 0.0526. The summed E-state index contributed by atoms with van der Waals surface area (Å²) in [4.78, 5) is 8.48. The highest BCUT2D eigenvalue weighted by Gasteiger charge is 2.11. The summed E-state index contributed by atoms with van der Waals surface area (Å²) in [6.45, 7) is 1.83. The maximum absolute atomic E-state index is 14.5. The van der Waals surface area contributed by atoms with Crippen LogP contribution in [0.5, 0.6) is 0 Å². The molecule has 0 saturated carbocycles. The molecule has 136 valence electrons. The van der Waals surface area contributed by atoms with Gasteiger partial charge < -0.3 is 9.88 Å². The van der Waals surface area contributed by atoms with Gasteiger partial charge in [0.2, 0.25) is 0 Å². The van der Waals surface area contributed by atoms with Crippen LogP contribution in [-0.2, 0) is 0 Å². The lowest BCUT2D eigenvalue weighted by Gasteiger charge is -2.06. The minimum atomic E-state index is -0.941. The van der Waals surface area contributed by atoms with E-state index in [1.54, 1.807) is 34.6 Å². The molecule has 0 saturated heterocycles. The molecule has 0 aliphatic heterocycles. The molecule has 1 N–H and O–H groups in total. The normalized spacial score (nSPS) is 11.0. The molecule has 27 heavy (non-hydrogen) atoms. The van der Waals surface area contributed by atoms with Gasteiger partial charge in [-0.25, -0.2) is 23.1 Å². The second kappa shape index (κ2) is 6.88. The summed E-state index contributed by atoms with van der Waals surface area (Å²) in [7, 11) is 0.